The second kappa shape index (κ2) is 15.7. The summed E-state index contributed by atoms with van der Waals surface area (Å²) in [4.78, 5) is 16.4. The van der Waals surface area contributed by atoms with Gasteiger partial charge in [0.2, 0.25) is 0 Å². The molecule has 232 valence electrons. The number of carboxylic acids is 1. The van der Waals surface area contributed by atoms with Crippen molar-refractivity contribution in [2.24, 2.45) is 5.92 Å². The lowest BCUT2D eigenvalue weighted by Crippen LogP contribution is -2.45. The van der Waals surface area contributed by atoms with Gasteiger partial charge >= 0.3 is 5.97 Å². The van der Waals surface area contributed by atoms with Gasteiger partial charge in [0.1, 0.15) is 6.04 Å². The first-order chi connectivity index (χ1) is 21.0. The number of hydrogen-bond acceptors (Lipinski definition) is 4. The molecule has 43 heavy (non-hydrogen) atoms. The highest BCUT2D eigenvalue weighted by Gasteiger charge is 2.38. The third-order valence-corrected chi connectivity index (χ3v) is 10.0. The quantitative estimate of drug-likeness (QED) is 0.293. The first-order valence-electron chi connectivity index (χ1n) is 16.8. The van der Waals surface area contributed by atoms with Gasteiger partial charge < -0.3 is 10.0 Å². The molecule has 1 N–H and O–H groups in total. The molecule has 3 fully saturated rings. The Hall–Kier alpha value is -2.96. The normalized spacial score (nSPS) is 21.3. The van der Waals surface area contributed by atoms with Crippen molar-refractivity contribution < 1.29 is 9.90 Å². The number of carboxylic acid groups (broad SMARTS) is 1. The fourth-order valence-electron chi connectivity index (χ4n) is 7.49. The van der Waals surface area contributed by atoms with Gasteiger partial charge in [-0.3, -0.25) is 14.4 Å². The van der Waals surface area contributed by atoms with Crippen LogP contribution in [0.4, 0.5) is 0 Å². The van der Waals surface area contributed by atoms with Crippen molar-refractivity contribution in [3.63, 3.8) is 0 Å². The largest absolute Gasteiger partial charge is 0.480 e. The zero-order valence-corrected chi connectivity index (χ0v) is 26.4. The highest BCUT2D eigenvalue weighted by molar-refractivity contribution is 5.74. The van der Waals surface area contributed by atoms with Crippen molar-refractivity contribution in [3.05, 3.63) is 89.2 Å². The van der Waals surface area contributed by atoms with Crippen LogP contribution in [0.2, 0.25) is 0 Å². The van der Waals surface area contributed by atoms with Crippen LogP contribution in [0.15, 0.2) is 66.7 Å². The predicted octanol–water partition coefficient (Wildman–Crippen LogP) is 7.01. The molecule has 3 heterocycles. The molecule has 6 rings (SSSR count). The lowest BCUT2D eigenvalue weighted by molar-refractivity contribution is -0.145. The Morgan fingerprint density at radius 2 is 1.56 bits per heavy atom. The van der Waals surface area contributed by atoms with E-state index in [9.17, 15) is 9.90 Å². The van der Waals surface area contributed by atoms with Crippen molar-refractivity contribution in [1.29, 1.82) is 0 Å². The minimum Gasteiger partial charge on any atom is -0.480 e. The van der Waals surface area contributed by atoms with E-state index >= 15 is 0 Å². The summed E-state index contributed by atoms with van der Waals surface area (Å²) >= 11 is 0. The lowest BCUT2D eigenvalue weighted by atomic mass is 9.83. The molecule has 0 radical (unpaired) electrons. The minimum atomic E-state index is -0.615. The van der Waals surface area contributed by atoms with E-state index in [0.717, 1.165) is 51.6 Å². The SMILES string of the molecule is CCc1cc(CCc2ccccc2)nn1C1CCN(C)CC1.O=C(O)[C@@H](C1CCCCC1)N1CC[C@@H](c2ccccc2)C1. The van der Waals surface area contributed by atoms with Gasteiger partial charge in [-0.2, -0.15) is 5.10 Å². The maximum atomic E-state index is 11.8. The Labute approximate surface area is 259 Å². The number of carbonyl (C=O) groups is 1. The van der Waals surface area contributed by atoms with Crippen LogP contribution >= 0.6 is 0 Å². The summed E-state index contributed by atoms with van der Waals surface area (Å²) in [5.41, 5.74) is 5.40. The summed E-state index contributed by atoms with van der Waals surface area (Å²) in [6.45, 7) is 6.44. The van der Waals surface area contributed by atoms with Gasteiger partial charge in [-0.15, -0.1) is 0 Å². The van der Waals surface area contributed by atoms with Gasteiger partial charge in [-0.1, -0.05) is 86.8 Å². The minimum absolute atomic E-state index is 0.265. The standard InChI is InChI=1S/C19H27N3.C18H25NO2/c1-3-18-15-17(10-9-16-7-5-4-6-8-16)20-22(18)19-11-13-21(2)14-12-19;20-18(21)17(15-9-5-2-6-10-15)19-12-11-16(13-19)14-7-3-1-4-8-14/h4-8,15,19H,3,9-14H2,1-2H3;1,3-4,7-8,15-17H,2,5-6,9-13H2,(H,20,21)/t;16-,17-/m.1/s1. The van der Waals surface area contributed by atoms with Crippen LogP contribution in [0, 0.1) is 5.92 Å². The molecule has 0 unspecified atom stereocenters. The lowest BCUT2D eigenvalue weighted by Gasteiger charge is -2.33. The first kappa shape index (κ1) is 31.5. The second-order valence-electron chi connectivity index (χ2n) is 13.0. The molecule has 1 aromatic heterocycles. The van der Waals surface area contributed by atoms with Gasteiger partial charge in [0.25, 0.3) is 0 Å². The van der Waals surface area contributed by atoms with E-state index in [1.807, 2.05) is 6.07 Å². The molecule has 2 atom stereocenters. The van der Waals surface area contributed by atoms with Crippen LogP contribution in [-0.4, -0.2) is 69.9 Å². The van der Waals surface area contributed by atoms with Crippen molar-refractivity contribution in [3.8, 4) is 0 Å². The molecule has 1 saturated carbocycles. The molecule has 2 aromatic carbocycles. The van der Waals surface area contributed by atoms with Crippen LogP contribution in [0.5, 0.6) is 0 Å². The van der Waals surface area contributed by atoms with E-state index in [-0.39, 0.29) is 6.04 Å². The Bertz CT molecular complexity index is 1250. The number of aryl methyl sites for hydroxylation is 3. The summed E-state index contributed by atoms with van der Waals surface area (Å²) in [5.74, 6) is 0.234. The molecular weight excluding hydrogens is 532 g/mol. The number of likely N-dealkylation sites (tertiary alicyclic amines) is 2. The average molecular weight is 585 g/mol. The van der Waals surface area contributed by atoms with Gasteiger partial charge in [0.15, 0.2) is 0 Å². The smallest absolute Gasteiger partial charge is 0.321 e. The molecule has 3 aliphatic rings. The maximum absolute atomic E-state index is 11.8. The Morgan fingerprint density at radius 1 is 0.884 bits per heavy atom. The summed E-state index contributed by atoms with van der Waals surface area (Å²) in [6, 6.07) is 23.9. The van der Waals surface area contributed by atoms with Crippen LogP contribution in [0.1, 0.15) is 92.8 Å². The molecular formula is C37H52N4O2. The first-order valence-corrected chi connectivity index (χ1v) is 16.8. The van der Waals surface area contributed by atoms with Crippen molar-refractivity contribution in [2.75, 3.05) is 33.2 Å². The van der Waals surface area contributed by atoms with Crippen molar-refractivity contribution in [2.45, 2.75) is 95.6 Å². The van der Waals surface area contributed by atoms with Crippen LogP contribution in [-0.2, 0) is 24.1 Å². The topological polar surface area (TPSA) is 61.6 Å². The van der Waals surface area contributed by atoms with Gasteiger partial charge in [-0.25, -0.2) is 0 Å². The summed E-state index contributed by atoms with van der Waals surface area (Å²) < 4.78 is 2.33. The number of hydrogen-bond donors (Lipinski definition) is 1. The fourth-order valence-corrected chi connectivity index (χ4v) is 7.49. The zero-order chi connectivity index (χ0) is 30.0. The maximum Gasteiger partial charge on any atom is 0.321 e. The molecule has 6 heteroatoms. The third-order valence-electron chi connectivity index (χ3n) is 10.0. The van der Waals surface area contributed by atoms with E-state index in [4.69, 9.17) is 5.10 Å². The van der Waals surface area contributed by atoms with E-state index in [1.54, 1.807) is 0 Å². The molecule has 1 aliphatic carbocycles. The van der Waals surface area contributed by atoms with Gasteiger partial charge in [0.05, 0.1) is 11.7 Å². The highest BCUT2D eigenvalue weighted by Crippen LogP contribution is 2.34. The second-order valence-corrected chi connectivity index (χ2v) is 13.0. The van der Waals surface area contributed by atoms with Crippen LogP contribution in [0.25, 0.3) is 0 Å². The number of benzene rings is 2. The predicted molar refractivity (Wildman–Crippen MR) is 175 cm³/mol. The molecule has 3 aromatic rings. The zero-order valence-electron chi connectivity index (χ0n) is 26.4. The number of aromatic nitrogens is 2. The summed E-state index contributed by atoms with van der Waals surface area (Å²) in [5, 5.41) is 14.6. The fraction of sp³-hybridized carbons (Fsp3) is 0.568. The van der Waals surface area contributed by atoms with E-state index < -0.39 is 5.97 Å². The monoisotopic (exact) mass is 584 g/mol. The molecule has 0 spiro atoms. The third kappa shape index (κ3) is 8.57. The number of rotatable bonds is 9. The van der Waals surface area contributed by atoms with E-state index in [1.165, 1.54) is 67.7 Å². The molecule has 6 nitrogen and oxygen atoms in total. The van der Waals surface area contributed by atoms with Crippen LogP contribution in [0.3, 0.4) is 0 Å². The Kier molecular flexibility index (Phi) is 11.5. The number of aliphatic carboxylic acids is 1. The molecule has 2 saturated heterocycles. The highest BCUT2D eigenvalue weighted by atomic mass is 16.4. The summed E-state index contributed by atoms with van der Waals surface area (Å²) in [6.07, 6.45) is 12.6. The van der Waals surface area contributed by atoms with Gasteiger partial charge in [0, 0.05) is 12.2 Å². The van der Waals surface area contributed by atoms with Gasteiger partial charge in [-0.05, 0) is 107 Å². The summed E-state index contributed by atoms with van der Waals surface area (Å²) in [7, 11) is 2.21. The number of piperidine rings is 1. The van der Waals surface area contributed by atoms with Crippen LogP contribution < -0.4 is 0 Å². The molecule has 0 bridgehead atoms. The molecule has 2 aliphatic heterocycles. The van der Waals surface area contributed by atoms with Crippen molar-refractivity contribution in [1.82, 2.24) is 19.6 Å². The molecule has 0 amide bonds. The van der Waals surface area contributed by atoms with Crippen molar-refractivity contribution >= 4 is 5.97 Å². The average Bonchev–Trinajstić information content (AvgIpc) is 3.70. The Morgan fingerprint density at radius 3 is 2.21 bits per heavy atom. The van der Waals surface area contributed by atoms with E-state index in [0.29, 0.717) is 17.9 Å². The number of nitrogens with zero attached hydrogens (tertiary/aromatic N) is 4. The van der Waals surface area contributed by atoms with E-state index in [2.05, 4.69) is 89.1 Å². The Balaban J connectivity index is 0.000000171.